The molecule has 7 heteroatoms. The molecule has 2 heterocycles. The molecular weight excluding hydrogens is 290 g/mol. The molecule has 2 aromatic rings. The van der Waals surface area contributed by atoms with Crippen molar-refractivity contribution in [1.82, 2.24) is 9.55 Å². The Balaban J connectivity index is 2.08. The van der Waals surface area contributed by atoms with Crippen molar-refractivity contribution in [2.75, 3.05) is 12.4 Å². The fourth-order valence-electron chi connectivity index (χ4n) is 1.98. The summed E-state index contributed by atoms with van der Waals surface area (Å²) in [6, 6.07) is 3.93. The van der Waals surface area contributed by atoms with Crippen LogP contribution in [0.1, 0.15) is 26.8 Å². The van der Waals surface area contributed by atoms with Crippen molar-refractivity contribution < 1.29 is 14.3 Å². The zero-order valence-corrected chi connectivity index (χ0v) is 13.2. The summed E-state index contributed by atoms with van der Waals surface area (Å²) >= 11 is 1.11. The molecule has 112 valence electrons. The third-order valence-electron chi connectivity index (χ3n) is 3.13. The highest BCUT2D eigenvalue weighted by Gasteiger charge is 2.17. The number of thiazole rings is 1. The highest BCUT2D eigenvalue weighted by atomic mass is 32.1. The van der Waals surface area contributed by atoms with Crippen LogP contribution in [0.4, 0.5) is 5.13 Å². The number of hydrogen-bond donors (Lipinski definition) is 1. The molecule has 2 aromatic heterocycles. The molecule has 0 aliphatic rings. The average Bonchev–Trinajstić information content (AvgIpc) is 2.95. The summed E-state index contributed by atoms with van der Waals surface area (Å²) in [5.74, 6) is -0.620. The molecule has 6 nitrogen and oxygen atoms in total. The van der Waals surface area contributed by atoms with Crippen LogP contribution in [0.5, 0.6) is 0 Å². The first-order chi connectivity index (χ1) is 9.92. The number of carbonyl (C=O) groups is 2. The Morgan fingerprint density at radius 3 is 2.48 bits per heavy atom. The molecule has 0 bridgehead atoms. The van der Waals surface area contributed by atoms with Crippen LogP contribution in [0, 0.1) is 20.8 Å². The van der Waals surface area contributed by atoms with Gasteiger partial charge in [-0.25, -0.2) is 9.78 Å². The fourth-order valence-corrected chi connectivity index (χ4v) is 2.88. The number of ether oxygens (including phenoxy) is 1. The van der Waals surface area contributed by atoms with Crippen LogP contribution in [-0.2, 0) is 16.1 Å². The monoisotopic (exact) mass is 307 g/mol. The maximum atomic E-state index is 12.1. The van der Waals surface area contributed by atoms with E-state index in [1.807, 2.05) is 30.5 Å². The van der Waals surface area contributed by atoms with Gasteiger partial charge in [0.25, 0.3) is 0 Å². The van der Waals surface area contributed by atoms with E-state index < -0.39 is 5.97 Å². The van der Waals surface area contributed by atoms with Gasteiger partial charge in [0.1, 0.15) is 11.4 Å². The Kier molecular flexibility index (Phi) is 4.42. The normalized spacial score (nSPS) is 10.5. The molecule has 0 aliphatic carbocycles. The lowest BCUT2D eigenvalue weighted by Crippen LogP contribution is -2.20. The molecule has 0 saturated carbocycles. The van der Waals surface area contributed by atoms with Crippen LogP contribution in [0.2, 0.25) is 0 Å². The predicted molar refractivity (Wildman–Crippen MR) is 80.7 cm³/mol. The zero-order valence-electron chi connectivity index (χ0n) is 12.4. The minimum Gasteiger partial charge on any atom is -0.465 e. The zero-order chi connectivity index (χ0) is 15.6. The number of esters is 1. The number of anilines is 1. The number of carbonyl (C=O) groups excluding carboxylic acids is 2. The molecule has 0 fully saturated rings. The lowest BCUT2D eigenvalue weighted by molar-refractivity contribution is -0.116. The number of methoxy groups -OCH3 is 1. The topological polar surface area (TPSA) is 73.2 Å². The van der Waals surface area contributed by atoms with E-state index in [-0.39, 0.29) is 12.5 Å². The Bertz CT molecular complexity index is 668. The Morgan fingerprint density at radius 1 is 1.29 bits per heavy atom. The number of hydrogen-bond acceptors (Lipinski definition) is 5. The van der Waals surface area contributed by atoms with Crippen LogP contribution < -0.4 is 5.32 Å². The quantitative estimate of drug-likeness (QED) is 0.880. The second-order valence-corrected chi connectivity index (χ2v) is 5.67. The number of aryl methyl sites for hydroxylation is 3. The van der Waals surface area contributed by atoms with Gasteiger partial charge in [0, 0.05) is 11.4 Å². The van der Waals surface area contributed by atoms with E-state index in [4.69, 9.17) is 0 Å². The summed E-state index contributed by atoms with van der Waals surface area (Å²) in [5, 5.41) is 3.12. The first-order valence-electron chi connectivity index (χ1n) is 6.40. The number of nitrogens with one attached hydrogen (secondary N) is 1. The van der Waals surface area contributed by atoms with Crippen molar-refractivity contribution in [1.29, 1.82) is 0 Å². The van der Waals surface area contributed by atoms with Crippen LogP contribution in [-0.4, -0.2) is 28.5 Å². The molecule has 0 aliphatic heterocycles. The van der Waals surface area contributed by atoms with Crippen LogP contribution in [0.25, 0.3) is 0 Å². The largest absolute Gasteiger partial charge is 0.465 e. The molecule has 0 aromatic carbocycles. The van der Waals surface area contributed by atoms with Crippen molar-refractivity contribution >= 4 is 28.3 Å². The van der Waals surface area contributed by atoms with Crippen LogP contribution in [0.3, 0.4) is 0 Å². The summed E-state index contributed by atoms with van der Waals surface area (Å²) in [4.78, 5) is 28.1. The van der Waals surface area contributed by atoms with Crippen molar-refractivity contribution in [2.45, 2.75) is 27.3 Å². The number of nitrogens with zero attached hydrogens (tertiary/aromatic N) is 2. The van der Waals surface area contributed by atoms with E-state index >= 15 is 0 Å². The maximum Gasteiger partial charge on any atom is 0.350 e. The summed E-state index contributed by atoms with van der Waals surface area (Å²) in [5.41, 5.74) is 2.59. The molecule has 0 saturated heterocycles. The second-order valence-electron chi connectivity index (χ2n) is 4.68. The van der Waals surface area contributed by atoms with Gasteiger partial charge >= 0.3 is 5.97 Å². The van der Waals surface area contributed by atoms with E-state index in [1.165, 1.54) is 7.11 Å². The SMILES string of the molecule is COC(=O)c1sc(NC(=O)Cn2c(C)ccc2C)nc1C. The minimum absolute atomic E-state index is 0.178. The van der Waals surface area contributed by atoms with Crippen molar-refractivity contribution in [3.63, 3.8) is 0 Å². The summed E-state index contributed by atoms with van der Waals surface area (Å²) < 4.78 is 6.58. The Labute approximate surface area is 126 Å². The van der Waals surface area contributed by atoms with Gasteiger partial charge in [0.15, 0.2) is 5.13 Å². The maximum absolute atomic E-state index is 12.1. The van der Waals surface area contributed by atoms with Crippen LogP contribution in [0.15, 0.2) is 12.1 Å². The molecular formula is C14H17N3O3S. The van der Waals surface area contributed by atoms with Gasteiger partial charge in [-0.3, -0.25) is 4.79 Å². The predicted octanol–water partition coefficient (Wildman–Crippen LogP) is 2.30. The smallest absolute Gasteiger partial charge is 0.350 e. The van der Waals surface area contributed by atoms with Gasteiger partial charge in [0.05, 0.1) is 12.8 Å². The van der Waals surface area contributed by atoms with Crippen LogP contribution >= 0.6 is 11.3 Å². The van der Waals surface area contributed by atoms with Gasteiger partial charge in [-0.1, -0.05) is 11.3 Å². The summed E-state index contributed by atoms with van der Waals surface area (Å²) in [6.07, 6.45) is 0. The molecule has 0 unspecified atom stereocenters. The minimum atomic E-state index is -0.442. The van der Waals surface area contributed by atoms with Gasteiger partial charge in [-0.2, -0.15) is 0 Å². The van der Waals surface area contributed by atoms with Crippen molar-refractivity contribution in [2.24, 2.45) is 0 Å². The van der Waals surface area contributed by atoms with Gasteiger partial charge < -0.3 is 14.6 Å². The highest BCUT2D eigenvalue weighted by Crippen LogP contribution is 2.23. The van der Waals surface area contributed by atoms with E-state index in [0.29, 0.717) is 15.7 Å². The third-order valence-corrected chi connectivity index (χ3v) is 4.19. The average molecular weight is 307 g/mol. The molecule has 21 heavy (non-hydrogen) atoms. The fraction of sp³-hybridized carbons (Fsp3) is 0.357. The number of aromatic nitrogens is 2. The van der Waals surface area contributed by atoms with Crippen molar-refractivity contribution in [3.05, 3.63) is 34.1 Å². The van der Waals surface area contributed by atoms with Gasteiger partial charge in [0.2, 0.25) is 5.91 Å². The van der Waals surface area contributed by atoms with E-state index in [2.05, 4.69) is 15.0 Å². The molecule has 2 rings (SSSR count). The third kappa shape index (κ3) is 3.30. The molecule has 0 radical (unpaired) electrons. The van der Waals surface area contributed by atoms with E-state index in [9.17, 15) is 9.59 Å². The molecule has 0 atom stereocenters. The first-order valence-corrected chi connectivity index (χ1v) is 7.22. The van der Waals surface area contributed by atoms with Crippen molar-refractivity contribution in [3.8, 4) is 0 Å². The standard InChI is InChI=1S/C14H17N3O3S/c1-8-5-6-9(2)17(8)7-11(18)16-14-15-10(3)12(21-14)13(19)20-4/h5-6H,7H2,1-4H3,(H,15,16,18). The van der Waals surface area contributed by atoms with Gasteiger partial charge in [-0.05, 0) is 32.9 Å². The molecule has 1 amide bonds. The summed E-state index contributed by atoms with van der Waals surface area (Å²) in [6.45, 7) is 5.82. The number of rotatable bonds is 4. The van der Waals surface area contributed by atoms with E-state index in [0.717, 1.165) is 22.7 Å². The first kappa shape index (κ1) is 15.2. The second kappa shape index (κ2) is 6.09. The Morgan fingerprint density at radius 2 is 1.90 bits per heavy atom. The lowest BCUT2D eigenvalue weighted by Gasteiger charge is -2.08. The Hall–Kier alpha value is -2.15. The molecule has 1 N–H and O–H groups in total. The highest BCUT2D eigenvalue weighted by molar-refractivity contribution is 7.17. The van der Waals surface area contributed by atoms with E-state index in [1.54, 1.807) is 6.92 Å². The lowest BCUT2D eigenvalue weighted by atomic mass is 10.4. The summed E-state index contributed by atoms with van der Waals surface area (Å²) in [7, 11) is 1.32. The molecule has 0 spiro atoms. The number of amides is 1. The van der Waals surface area contributed by atoms with Gasteiger partial charge in [-0.15, -0.1) is 0 Å².